The van der Waals surface area contributed by atoms with E-state index in [-0.39, 0.29) is 16.7 Å². The van der Waals surface area contributed by atoms with Gasteiger partial charge in [-0.25, -0.2) is 4.39 Å². The highest BCUT2D eigenvalue weighted by Crippen LogP contribution is 2.59. The highest BCUT2D eigenvalue weighted by molar-refractivity contribution is 7.99. The third kappa shape index (κ3) is 1.38. The average Bonchev–Trinajstić information content (AvgIpc) is 2.87. The number of fused-ring (bicyclic) bond motifs is 2. The molecule has 1 saturated heterocycles. The SMILES string of the molecule is CS[C@]12CC[C@](c3cccc(F)c3C)(C1)C(=O)O2. The first-order valence-corrected chi connectivity index (χ1v) is 7.30. The number of hydrogen-bond acceptors (Lipinski definition) is 3. The van der Waals surface area contributed by atoms with Gasteiger partial charge in [-0.15, -0.1) is 11.8 Å². The molecule has 4 heteroatoms. The zero-order chi connectivity index (χ0) is 13.0. The van der Waals surface area contributed by atoms with Gasteiger partial charge in [0, 0.05) is 6.42 Å². The second kappa shape index (κ2) is 3.73. The largest absolute Gasteiger partial charge is 0.447 e. The molecule has 0 amide bonds. The molecule has 18 heavy (non-hydrogen) atoms. The van der Waals surface area contributed by atoms with E-state index in [1.165, 1.54) is 6.07 Å². The molecule has 0 N–H and O–H groups in total. The summed E-state index contributed by atoms with van der Waals surface area (Å²) in [6, 6.07) is 4.98. The molecule has 1 aromatic carbocycles. The fourth-order valence-electron chi connectivity index (χ4n) is 3.25. The van der Waals surface area contributed by atoms with Crippen molar-refractivity contribution in [2.45, 2.75) is 36.5 Å². The van der Waals surface area contributed by atoms with Crippen molar-refractivity contribution in [2.75, 3.05) is 6.26 Å². The molecular weight excluding hydrogens is 251 g/mol. The number of ether oxygens (including phenoxy) is 1. The van der Waals surface area contributed by atoms with Crippen LogP contribution in [-0.2, 0) is 14.9 Å². The molecule has 1 aliphatic carbocycles. The quantitative estimate of drug-likeness (QED) is 0.769. The van der Waals surface area contributed by atoms with Crippen LogP contribution in [0, 0.1) is 12.7 Å². The van der Waals surface area contributed by atoms with Gasteiger partial charge in [-0.3, -0.25) is 4.79 Å². The molecule has 0 radical (unpaired) electrons. The molecule has 2 nitrogen and oxygen atoms in total. The van der Waals surface area contributed by atoms with Crippen molar-refractivity contribution in [1.82, 2.24) is 0 Å². The maximum absolute atomic E-state index is 13.7. The summed E-state index contributed by atoms with van der Waals surface area (Å²) in [6.45, 7) is 1.74. The molecule has 0 unspecified atom stereocenters. The number of hydrogen-bond donors (Lipinski definition) is 0. The molecule has 1 saturated carbocycles. The van der Waals surface area contributed by atoms with E-state index >= 15 is 0 Å². The minimum Gasteiger partial charge on any atom is -0.447 e. The topological polar surface area (TPSA) is 26.3 Å². The Morgan fingerprint density at radius 1 is 1.39 bits per heavy atom. The maximum atomic E-state index is 13.7. The van der Waals surface area contributed by atoms with Gasteiger partial charge in [-0.1, -0.05) is 12.1 Å². The molecule has 2 fully saturated rings. The van der Waals surface area contributed by atoms with Crippen LogP contribution in [0.2, 0.25) is 0 Å². The fraction of sp³-hybridized carbons (Fsp3) is 0.500. The molecule has 0 spiro atoms. The molecule has 1 aliphatic heterocycles. The number of thioether (sulfide) groups is 1. The first kappa shape index (κ1) is 12.0. The first-order valence-electron chi connectivity index (χ1n) is 6.07. The Hall–Kier alpha value is -1.03. The summed E-state index contributed by atoms with van der Waals surface area (Å²) in [4.78, 5) is 11.8. The van der Waals surface area contributed by atoms with Crippen LogP contribution in [0.3, 0.4) is 0 Å². The second-order valence-electron chi connectivity index (χ2n) is 5.18. The van der Waals surface area contributed by atoms with E-state index in [4.69, 9.17) is 4.74 Å². The molecule has 2 atom stereocenters. The van der Waals surface area contributed by atoms with Gasteiger partial charge in [0.15, 0.2) is 4.93 Å². The van der Waals surface area contributed by atoms with Gasteiger partial charge in [-0.2, -0.15) is 0 Å². The van der Waals surface area contributed by atoms with E-state index in [9.17, 15) is 9.18 Å². The molecule has 3 rings (SSSR count). The minimum absolute atomic E-state index is 0.184. The zero-order valence-corrected chi connectivity index (χ0v) is 11.3. The van der Waals surface area contributed by atoms with Gasteiger partial charge >= 0.3 is 5.97 Å². The van der Waals surface area contributed by atoms with Crippen LogP contribution in [0.15, 0.2) is 18.2 Å². The fourth-order valence-corrected chi connectivity index (χ4v) is 4.11. The Kier molecular flexibility index (Phi) is 2.49. The second-order valence-corrected chi connectivity index (χ2v) is 6.33. The summed E-state index contributed by atoms with van der Waals surface area (Å²) in [5, 5.41) is 0. The van der Waals surface area contributed by atoms with Crippen molar-refractivity contribution in [1.29, 1.82) is 0 Å². The van der Waals surface area contributed by atoms with Gasteiger partial charge in [0.25, 0.3) is 0 Å². The van der Waals surface area contributed by atoms with E-state index in [1.807, 2.05) is 12.3 Å². The van der Waals surface area contributed by atoms with Crippen LogP contribution in [0.5, 0.6) is 0 Å². The van der Waals surface area contributed by atoms with Gasteiger partial charge in [-0.05, 0) is 43.2 Å². The number of esters is 1. The van der Waals surface area contributed by atoms with Crippen LogP contribution in [0.25, 0.3) is 0 Å². The Balaban J connectivity index is 2.12. The van der Waals surface area contributed by atoms with Crippen molar-refractivity contribution in [3.8, 4) is 0 Å². The lowest BCUT2D eigenvalue weighted by molar-refractivity contribution is -0.151. The van der Waals surface area contributed by atoms with Gasteiger partial charge in [0.05, 0.1) is 5.41 Å². The van der Waals surface area contributed by atoms with E-state index < -0.39 is 5.41 Å². The predicted molar refractivity (Wildman–Crippen MR) is 69.0 cm³/mol. The normalized spacial score (nSPS) is 33.8. The van der Waals surface area contributed by atoms with E-state index in [0.717, 1.165) is 18.4 Å². The van der Waals surface area contributed by atoms with Crippen molar-refractivity contribution >= 4 is 17.7 Å². The van der Waals surface area contributed by atoms with Crippen LogP contribution in [0.4, 0.5) is 4.39 Å². The molecule has 1 heterocycles. The highest BCUT2D eigenvalue weighted by Gasteiger charge is 2.63. The summed E-state index contributed by atoms with van der Waals surface area (Å²) in [7, 11) is 0. The average molecular weight is 266 g/mol. The van der Waals surface area contributed by atoms with Gasteiger partial charge < -0.3 is 4.74 Å². The van der Waals surface area contributed by atoms with E-state index in [2.05, 4.69) is 0 Å². The van der Waals surface area contributed by atoms with Crippen molar-refractivity contribution in [3.05, 3.63) is 35.1 Å². The molecular formula is C14H15FO2S. The monoisotopic (exact) mass is 266 g/mol. The lowest BCUT2D eigenvalue weighted by atomic mass is 9.77. The summed E-state index contributed by atoms with van der Waals surface area (Å²) in [6.07, 6.45) is 4.25. The number of benzene rings is 1. The minimum atomic E-state index is -0.616. The maximum Gasteiger partial charge on any atom is 0.318 e. The Morgan fingerprint density at radius 3 is 2.78 bits per heavy atom. The van der Waals surface area contributed by atoms with Crippen molar-refractivity contribution in [3.63, 3.8) is 0 Å². The Bertz CT molecular complexity index is 531. The third-order valence-corrected chi connectivity index (χ3v) is 5.50. The van der Waals surface area contributed by atoms with Gasteiger partial charge in [0.1, 0.15) is 5.82 Å². The summed E-state index contributed by atoms with van der Waals surface area (Å²) in [5.74, 6) is -0.431. The smallest absolute Gasteiger partial charge is 0.318 e. The number of halogens is 1. The standard InChI is InChI=1S/C14H15FO2S/c1-9-10(4-3-5-11(9)15)13-6-7-14(8-13,18-2)17-12(13)16/h3-5H,6-8H2,1-2H3/t13-,14-/m1/s1. The highest BCUT2D eigenvalue weighted by atomic mass is 32.2. The molecule has 2 aliphatic rings. The van der Waals surface area contributed by atoms with E-state index in [0.29, 0.717) is 12.0 Å². The molecule has 0 aromatic heterocycles. The van der Waals surface area contributed by atoms with Crippen molar-refractivity contribution < 1.29 is 13.9 Å². The van der Waals surface area contributed by atoms with Gasteiger partial charge in [0.2, 0.25) is 0 Å². The van der Waals surface area contributed by atoms with Crippen LogP contribution < -0.4 is 0 Å². The number of rotatable bonds is 2. The predicted octanol–water partition coefficient (Wildman–Crippen LogP) is 3.17. The summed E-state index contributed by atoms with van der Waals surface area (Å²) < 4.78 is 19.3. The van der Waals surface area contributed by atoms with Crippen molar-refractivity contribution in [2.24, 2.45) is 0 Å². The molecule has 2 bridgehead atoms. The lowest BCUT2D eigenvalue weighted by Gasteiger charge is -2.27. The first-order chi connectivity index (χ1) is 8.53. The summed E-state index contributed by atoms with van der Waals surface area (Å²) >= 11 is 1.59. The Labute approximate surface area is 110 Å². The van der Waals surface area contributed by atoms with E-state index in [1.54, 1.807) is 24.8 Å². The number of carbonyl (C=O) groups is 1. The zero-order valence-electron chi connectivity index (χ0n) is 10.5. The summed E-state index contributed by atoms with van der Waals surface area (Å²) in [5.41, 5.74) is 0.768. The Morgan fingerprint density at radius 2 is 2.17 bits per heavy atom. The molecule has 1 aromatic rings. The number of carbonyl (C=O) groups excluding carboxylic acids is 1. The van der Waals surface area contributed by atoms with Crippen LogP contribution >= 0.6 is 11.8 Å². The molecule has 96 valence electrons. The third-order valence-electron chi connectivity index (χ3n) is 4.33. The van der Waals surface area contributed by atoms with Crippen LogP contribution in [0.1, 0.15) is 30.4 Å². The van der Waals surface area contributed by atoms with Crippen LogP contribution in [-0.4, -0.2) is 17.2 Å². The lowest BCUT2D eigenvalue weighted by Crippen LogP contribution is -2.33.